The van der Waals surface area contributed by atoms with E-state index in [1.165, 1.54) is 12.1 Å². The lowest BCUT2D eigenvalue weighted by Crippen LogP contribution is -2.56. The highest BCUT2D eigenvalue weighted by Gasteiger charge is 2.30. The maximum absolute atomic E-state index is 12.9. The molecule has 1 unspecified atom stereocenters. The van der Waals surface area contributed by atoms with Gasteiger partial charge in [-0.05, 0) is 30.5 Å². The van der Waals surface area contributed by atoms with E-state index in [2.05, 4.69) is 15.1 Å². The van der Waals surface area contributed by atoms with E-state index in [-0.39, 0.29) is 17.8 Å². The number of hydrogen-bond donors (Lipinski definition) is 1. The first-order valence-corrected chi connectivity index (χ1v) is 7.71. The van der Waals surface area contributed by atoms with Crippen LogP contribution in [-0.2, 0) is 11.3 Å². The first-order chi connectivity index (χ1) is 10.2. The second kappa shape index (κ2) is 6.54. The van der Waals surface area contributed by atoms with Crippen LogP contribution < -0.4 is 5.32 Å². The van der Waals surface area contributed by atoms with Crippen molar-refractivity contribution in [1.29, 1.82) is 0 Å². The molecule has 1 N–H and O–H groups in total. The number of nitrogens with one attached hydrogen (secondary N) is 1. The third-order valence-electron chi connectivity index (χ3n) is 4.42. The van der Waals surface area contributed by atoms with Crippen molar-refractivity contribution in [3.05, 3.63) is 35.6 Å². The van der Waals surface area contributed by atoms with E-state index in [1.807, 2.05) is 12.1 Å². The van der Waals surface area contributed by atoms with E-state index in [0.717, 1.165) is 57.7 Å². The minimum absolute atomic E-state index is 0.0618. The predicted octanol–water partition coefficient (Wildman–Crippen LogP) is 1.22. The molecule has 3 rings (SSSR count). The van der Waals surface area contributed by atoms with Crippen molar-refractivity contribution < 1.29 is 9.18 Å². The summed E-state index contributed by atoms with van der Waals surface area (Å²) < 4.78 is 12.9. The minimum Gasteiger partial charge on any atom is -0.355 e. The first-order valence-electron chi connectivity index (χ1n) is 7.71. The summed E-state index contributed by atoms with van der Waals surface area (Å²) in [6, 6.07) is 6.77. The summed E-state index contributed by atoms with van der Waals surface area (Å²) in [5, 5.41) is 2.96. The molecule has 0 spiro atoms. The number of amides is 1. The summed E-state index contributed by atoms with van der Waals surface area (Å²) >= 11 is 0. The van der Waals surface area contributed by atoms with Crippen LogP contribution in [0.4, 0.5) is 4.39 Å². The lowest BCUT2D eigenvalue weighted by atomic mass is 10.0. The standard InChI is InChI=1S/C16H22FN3O/c17-14-5-3-13(4-6-14)12-19-8-10-20(11-9-19)15-2-1-7-18-16(15)21/h3-6,15H,1-2,7-12H2,(H,18,21). The molecule has 1 aromatic carbocycles. The van der Waals surface area contributed by atoms with Gasteiger partial charge in [-0.2, -0.15) is 0 Å². The molecule has 2 saturated heterocycles. The highest BCUT2D eigenvalue weighted by Crippen LogP contribution is 2.15. The Morgan fingerprint density at radius 3 is 2.52 bits per heavy atom. The zero-order chi connectivity index (χ0) is 14.7. The monoisotopic (exact) mass is 291 g/mol. The summed E-state index contributed by atoms with van der Waals surface area (Å²) in [6.07, 6.45) is 2.05. The molecule has 21 heavy (non-hydrogen) atoms. The largest absolute Gasteiger partial charge is 0.355 e. The number of carbonyl (C=O) groups excluding carboxylic acids is 1. The van der Waals surface area contributed by atoms with Gasteiger partial charge in [-0.1, -0.05) is 12.1 Å². The Balaban J connectivity index is 1.50. The molecule has 1 atom stereocenters. The van der Waals surface area contributed by atoms with Crippen LogP contribution in [0.15, 0.2) is 24.3 Å². The smallest absolute Gasteiger partial charge is 0.237 e. The summed E-state index contributed by atoms with van der Waals surface area (Å²) in [4.78, 5) is 16.6. The van der Waals surface area contributed by atoms with Crippen LogP contribution in [0.5, 0.6) is 0 Å². The molecule has 5 heteroatoms. The average Bonchev–Trinajstić information content (AvgIpc) is 2.51. The van der Waals surface area contributed by atoms with Gasteiger partial charge in [0.15, 0.2) is 0 Å². The third-order valence-corrected chi connectivity index (χ3v) is 4.42. The van der Waals surface area contributed by atoms with E-state index in [1.54, 1.807) is 0 Å². The molecule has 114 valence electrons. The van der Waals surface area contributed by atoms with Crippen molar-refractivity contribution in [2.24, 2.45) is 0 Å². The molecule has 4 nitrogen and oxygen atoms in total. The highest BCUT2D eigenvalue weighted by molar-refractivity contribution is 5.82. The fourth-order valence-electron chi connectivity index (χ4n) is 3.19. The van der Waals surface area contributed by atoms with Gasteiger partial charge in [0.05, 0.1) is 6.04 Å². The maximum Gasteiger partial charge on any atom is 0.237 e. The molecule has 0 bridgehead atoms. The van der Waals surface area contributed by atoms with Crippen molar-refractivity contribution in [3.63, 3.8) is 0 Å². The van der Waals surface area contributed by atoms with Crippen molar-refractivity contribution in [2.75, 3.05) is 32.7 Å². The van der Waals surface area contributed by atoms with Gasteiger partial charge in [0.1, 0.15) is 5.82 Å². The van der Waals surface area contributed by atoms with Crippen LogP contribution in [0.25, 0.3) is 0 Å². The van der Waals surface area contributed by atoms with Crippen LogP contribution in [0.1, 0.15) is 18.4 Å². The summed E-state index contributed by atoms with van der Waals surface area (Å²) in [5.41, 5.74) is 1.14. The molecular weight excluding hydrogens is 269 g/mol. The highest BCUT2D eigenvalue weighted by atomic mass is 19.1. The molecule has 1 amide bonds. The van der Waals surface area contributed by atoms with E-state index >= 15 is 0 Å². The lowest BCUT2D eigenvalue weighted by molar-refractivity contribution is -0.129. The van der Waals surface area contributed by atoms with Crippen LogP contribution in [0.2, 0.25) is 0 Å². The molecule has 0 saturated carbocycles. The molecule has 0 aromatic heterocycles. The zero-order valence-electron chi connectivity index (χ0n) is 12.2. The van der Waals surface area contributed by atoms with E-state index in [9.17, 15) is 9.18 Å². The second-order valence-corrected chi connectivity index (χ2v) is 5.89. The molecule has 2 heterocycles. The Morgan fingerprint density at radius 2 is 1.86 bits per heavy atom. The van der Waals surface area contributed by atoms with Crippen LogP contribution >= 0.6 is 0 Å². The molecule has 0 aliphatic carbocycles. The molecule has 2 aliphatic heterocycles. The SMILES string of the molecule is O=C1NCCCC1N1CCN(Cc2ccc(F)cc2)CC1. The second-order valence-electron chi connectivity index (χ2n) is 5.89. The zero-order valence-corrected chi connectivity index (χ0v) is 12.2. The van der Waals surface area contributed by atoms with Gasteiger partial charge in [0.2, 0.25) is 5.91 Å². The molecule has 1 aromatic rings. The van der Waals surface area contributed by atoms with E-state index in [0.29, 0.717) is 0 Å². The lowest BCUT2D eigenvalue weighted by Gasteiger charge is -2.39. The van der Waals surface area contributed by atoms with Gasteiger partial charge < -0.3 is 5.32 Å². The summed E-state index contributed by atoms with van der Waals surface area (Å²) in [5.74, 6) is 0.000106. The quantitative estimate of drug-likeness (QED) is 0.909. The van der Waals surface area contributed by atoms with Crippen LogP contribution in [0.3, 0.4) is 0 Å². The van der Waals surface area contributed by atoms with Gasteiger partial charge in [0.25, 0.3) is 0 Å². The number of halogens is 1. The molecule has 0 radical (unpaired) electrons. The number of benzene rings is 1. The first kappa shape index (κ1) is 14.5. The number of hydrogen-bond acceptors (Lipinski definition) is 3. The number of rotatable bonds is 3. The van der Waals surface area contributed by atoms with Crippen molar-refractivity contribution in [1.82, 2.24) is 15.1 Å². The Kier molecular flexibility index (Phi) is 4.51. The van der Waals surface area contributed by atoms with Gasteiger partial charge in [-0.3, -0.25) is 14.6 Å². The predicted molar refractivity (Wildman–Crippen MR) is 79.3 cm³/mol. The van der Waals surface area contributed by atoms with Crippen molar-refractivity contribution in [3.8, 4) is 0 Å². The van der Waals surface area contributed by atoms with Crippen molar-refractivity contribution >= 4 is 5.91 Å². The summed E-state index contributed by atoms with van der Waals surface area (Å²) in [7, 11) is 0. The topological polar surface area (TPSA) is 35.6 Å². The van der Waals surface area contributed by atoms with E-state index in [4.69, 9.17) is 0 Å². The Bertz CT molecular complexity index is 483. The summed E-state index contributed by atoms with van der Waals surface area (Å²) in [6.45, 7) is 5.45. The Morgan fingerprint density at radius 1 is 1.14 bits per heavy atom. The minimum atomic E-state index is -0.188. The molecular formula is C16H22FN3O. The van der Waals surface area contributed by atoms with Gasteiger partial charge in [-0.25, -0.2) is 4.39 Å². The fraction of sp³-hybridized carbons (Fsp3) is 0.562. The van der Waals surface area contributed by atoms with Crippen molar-refractivity contribution in [2.45, 2.75) is 25.4 Å². The number of piperidine rings is 1. The van der Waals surface area contributed by atoms with Gasteiger partial charge in [-0.15, -0.1) is 0 Å². The van der Waals surface area contributed by atoms with E-state index < -0.39 is 0 Å². The number of nitrogens with zero attached hydrogens (tertiary/aromatic N) is 2. The average molecular weight is 291 g/mol. The fourth-order valence-corrected chi connectivity index (χ4v) is 3.19. The van der Waals surface area contributed by atoms with Gasteiger partial charge in [0, 0.05) is 39.3 Å². The van der Waals surface area contributed by atoms with Crippen LogP contribution in [0, 0.1) is 5.82 Å². The number of carbonyl (C=O) groups is 1. The van der Waals surface area contributed by atoms with Gasteiger partial charge >= 0.3 is 0 Å². The Hall–Kier alpha value is -1.46. The molecule has 2 aliphatic rings. The normalized spacial score (nSPS) is 24.8. The maximum atomic E-state index is 12.9. The third kappa shape index (κ3) is 3.60. The molecule has 2 fully saturated rings. The number of piperazine rings is 1. The van der Waals surface area contributed by atoms with Crippen LogP contribution in [-0.4, -0.2) is 54.5 Å². The Labute approximate surface area is 124 Å².